The summed E-state index contributed by atoms with van der Waals surface area (Å²) in [6.07, 6.45) is 0.536. The van der Waals surface area contributed by atoms with Crippen molar-refractivity contribution in [2.75, 3.05) is 6.54 Å². The van der Waals surface area contributed by atoms with Crippen LogP contribution in [0.2, 0.25) is 0 Å². The maximum atomic E-state index is 12.9. The number of hydrogen-bond acceptors (Lipinski definition) is 3. The van der Waals surface area contributed by atoms with E-state index in [4.69, 9.17) is 0 Å². The van der Waals surface area contributed by atoms with Gasteiger partial charge in [0.25, 0.3) is 5.91 Å². The molecule has 6 nitrogen and oxygen atoms in total. The van der Waals surface area contributed by atoms with Crippen LogP contribution in [-0.4, -0.2) is 35.3 Å². The number of carbonyl (C=O) groups is 3. The highest BCUT2D eigenvalue weighted by Gasteiger charge is 2.39. The molecule has 2 N–H and O–H groups in total. The van der Waals surface area contributed by atoms with Crippen LogP contribution in [0.1, 0.15) is 38.8 Å². The van der Waals surface area contributed by atoms with Gasteiger partial charge in [-0.3, -0.25) is 14.5 Å². The number of urea groups is 1. The van der Waals surface area contributed by atoms with Gasteiger partial charge in [0.15, 0.2) is 0 Å². The molecule has 1 aliphatic heterocycles. The van der Waals surface area contributed by atoms with E-state index in [1.165, 1.54) is 12.1 Å². The smallest absolute Gasteiger partial charge is 0.325 e. The van der Waals surface area contributed by atoms with Crippen LogP contribution in [-0.2, 0) is 9.59 Å². The molecular weight excluding hydrogens is 313 g/mol. The lowest BCUT2D eigenvalue weighted by atomic mass is 10.0. The maximum Gasteiger partial charge on any atom is 0.325 e. The molecule has 1 aromatic carbocycles. The summed E-state index contributed by atoms with van der Waals surface area (Å²) in [7, 11) is 0. The lowest BCUT2D eigenvalue weighted by Crippen LogP contribution is -2.41. The van der Waals surface area contributed by atoms with E-state index >= 15 is 0 Å². The fraction of sp³-hybridized carbons (Fsp3) is 0.471. The van der Waals surface area contributed by atoms with Crippen molar-refractivity contribution in [1.82, 2.24) is 15.5 Å². The maximum absolute atomic E-state index is 12.9. The SMILES string of the molecule is CC(C)C[C@H]1NC(=O)N(CC(=O)N[C@@H](C)c2ccc(F)cc2)C1=O. The second-order valence-corrected chi connectivity index (χ2v) is 6.40. The molecule has 1 aromatic rings. The van der Waals surface area contributed by atoms with Crippen LogP contribution in [0, 0.1) is 11.7 Å². The minimum atomic E-state index is -0.570. The number of nitrogens with one attached hydrogen (secondary N) is 2. The van der Waals surface area contributed by atoms with Gasteiger partial charge in [-0.15, -0.1) is 0 Å². The summed E-state index contributed by atoms with van der Waals surface area (Å²) in [6, 6.07) is 4.30. The van der Waals surface area contributed by atoms with Gasteiger partial charge in [-0.1, -0.05) is 26.0 Å². The summed E-state index contributed by atoms with van der Waals surface area (Å²) in [5.74, 6) is -0.918. The van der Waals surface area contributed by atoms with E-state index in [9.17, 15) is 18.8 Å². The second kappa shape index (κ2) is 7.42. The van der Waals surface area contributed by atoms with E-state index in [0.29, 0.717) is 6.42 Å². The van der Waals surface area contributed by atoms with E-state index < -0.39 is 18.0 Å². The fourth-order valence-electron chi connectivity index (χ4n) is 2.62. The van der Waals surface area contributed by atoms with Gasteiger partial charge in [-0.2, -0.15) is 0 Å². The Labute approximate surface area is 140 Å². The molecule has 0 bridgehead atoms. The van der Waals surface area contributed by atoms with Crippen molar-refractivity contribution in [2.24, 2.45) is 5.92 Å². The predicted octanol–water partition coefficient (Wildman–Crippen LogP) is 1.97. The highest BCUT2D eigenvalue weighted by atomic mass is 19.1. The third-order valence-corrected chi connectivity index (χ3v) is 3.86. The average molecular weight is 335 g/mol. The van der Waals surface area contributed by atoms with Crippen molar-refractivity contribution in [3.8, 4) is 0 Å². The molecule has 0 aromatic heterocycles. The first kappa shape index (κ1) is 17.9. The molecule has 0 spiro atoms. The Morgan fingerprint density at radius 2 is 1.88 bits per heavy atom. The second-order valence-electron chi connectivity index (χ2n) is 6.40. The Bertz CT molecular complexity index is 630. The van der Waals surface area contributed by atoms with Crippen LogP contribution >= 0.6 is 0 Å². The number of imide groups is 1. The Morgan fingerprint density at radius 3 is 2.46 bits per heavy atom. The molecule has 2 atom stereocenters. The van der Waals surface area contributed by atoms with E-state index in [-0.39, 0.29) is 30.2 Å². The third kappa shape index (κ3) is 4.31. The molecule has 0 saturated carbocycles. The normalized spacial score (nSPS) is 18.7. The molecule has 1 heterocycles. The minimum absolute atomic E-state index is 0.256. The van der Waals surface area contributed by atoms with E-state index in [2.05, 4.69) is 10.6 Å². The molecule has 1 aliphatic rings. The molecular formula is C17H22FN3O3. The number of hydrogen-bond donors (Lipinski definition) is 2. The van der Waals surface area contributed by atoms with E-state index in [1.807, 2.05) is 13.8 Å². The van der Waals surface area contributed by atoms with Gasteiger partial charge in [0.05, 0.1) is 6.04 Å². The molecule has 24 heavy (non-hydrogen) atoms. The Balaban J connectivity index is 1.93. The zero-order valence-corrected chi connectivity index (χ0v) is 14.0. The van der Waals surface area contributed by atoms with Gasteiger partial charge in [0.2, 0.25) is 5.91 Å². The van der Waals surface area contributed by atoms with Gasteiger partial charge in [-0.25, -0.2) is 9.18 Å². The molecule has 1 saturated heterocycles. The standard InChI is InChI=1S/C17H22FN3O3/c1-10(2)8-14-16(23)21(17(24)20-14)9-15(22)19-11(3)12-4-6-13(18)7-5-12/h4-7,10-11,14H,8-9H2,1-3H3,(H,19,22)(H,20,24)/t11-,14+/m0/s1. The van der Waals surface area contributed by atoms with Gasteiger partial charge in [-0.05, 0) is 37.0 Å². The summed E-state index contributed by atoms with van der Waals surface area (Å²) in [6.45, 7) is 5.34. The van der Waals surface area contributed by atoms with Crippen LogP contribution in [0.5, 0.6) is 0 Å². The zero-order chi connectivity index (χ0) is 17.9. The van der Waals surface area contributed by atoms with Crippen LogP contribution in [0.25, 0.3) is 0 Å². The number of carbonyl (C=O) groups excluding carboxylic acids is 3. The number of nitrogens with zero attached hydrogens (tertiary/aromatic N) is 1. The largest absolute Gasteiger partial charge is 0.348 e. The highest BCUT2D eigenvalue weighted by Crippen LogP contribution is 2.15. The van der Waals surface area contributed by atoms with Crippen molar-refractivity contribution >= 4 is 17.8 Å². The minimum Gasteiger partial charge on any atom is -0.348 e. The summed E-state index contributed by atoms with van der Waals surface area (Å²) in [5.41, 5.74) is 0.736. The van der Waals surface area contributed by atoms with Crippen LogP contribution in [0.15, 0.2) is 24.3 Å². The summed E-state index contributed by atoms with van der Waals surface area (Å²) in [5, 5.41) is 5.30. The molecule has 0 aliphatic carbocycles. The van der Waals surface area contributed by atoms with Crippen molar-refractivity contribution in [3.05, 3.63) is 35.6 Å². The van der Waals surface area contributed by atoms with Gasteiger partial charge < -0.3 is 10.6 Å². The highest BCUT2D eigenvalue weighted by molar-refractivity contribution is 6.06. The molecule has 4 amide bonds. The van der Waals surface area contributed by atoms with Crippen LogP contribution < -0.4 is 10.6 Å². The lowest BCUT2D eigenvalue weighted by Gasteiger charge is -2.17. The Kier molecular flexibility index (Phi) is 5.54. The number of benzene rings is 1. The summed E-state index contributed by atoms with van der Waals surface area (Å²) in [4.78, 5) is 37.1. The van der Waals surface area contributed by atoms with Gasteiger partial charge >= 0.3 is 6.03 Å². The average Bonchev–Trinajstić information content (AvgIpc) is 2.74. The lowest BCUT2D eigenvalue weighted by molar-refractivity contribution is -0.132. The van der Waals surface area contributed by atoms with E-state index in [1.54, 1.807) is 19.1 Å². The van der Waals surface area contributed by atoms with Crippen molar-refractivity contribution in [2.45, 2.75) is 39.3 Å². The number of halogens is 1. The van der Waals surface area contributed by atoms with Crippen LogP contribution in [0.3, 0.4) is 0 Å². The third-order valence-electron chi connectivity index (χ3n) is 3.86. The van der Waals surface area contributed by atoms with Gasteiger partial charge in [0, 0.05) is 0 Å². The molecule has 2 rings (SSSR count). The topological polar surface area (TPSA) is 78.5 Å². The molecule has 0 radical (unpaired) electrons. The van der Waals surface area contributed by atoms with Crippen LogP contribution in [0.4, 0.5) is 9.18 Å². The van der Waals surface area contributed by atoms with E-state index in [0.717, 1.165) is 10.5 Å². The first-order chi connectivity index (χ1) is 11.3. The van der Waals surface area contributed by atoms with Crippen molar-refractivity contribution in [1.29, 1.82) is 0 Å². The number of amides is 4. The van der Waals surface area contributed by atoms with Gasteiger partial charge in [0.1, 0.15) is 18.4 Å². The molecule has 7 heteroatoms. The first-order valence-corrected chi connectivity index (χ1v) is 7.94. The quantitative estimate of drug-likeness (QED) is 0.780. The molecule has 0 unspecified atom stereocenters. The zero-order valence-electron chi connectivity index (χ0n) is 14.0. The summed E-state index contributed by atoms with van der Waals surface area (Å²) < 4.78 is 12.9. The summed E-state index contributed by atoms with van der Waals surface area (Å²) >= 11 is 0. The monoisotopic (exact) mass is 335 g/mol. The predicted molar refractivity (Wildman–Crippen MR) is 86.4 cm³/mol. The number of rotatable bonds is 6. The van der Waals surface area contributed by atoms with Crippen molar-refractivity contribution < 1.29 is 18.8 Å². The fourth-order valence-corrected chi connectivity index (χ4v) is 2.62. The molecule has 1 fully saturated rings. The first-order valence-electron chi connectivity index (χ1n) is 7.94. The van der Waals surface area contributed by atoms with Crippen molar-refractivity contribution in [3.63, 3.8) is 0 Å². The Morgan fingerprint density at radius 1 is 1.25 bits per heavy atom. The Hall–Kier alpha value is -2.44. The molecule has 130 valence electrons.